The maximum absolute atomic E-state index is 10.8. The van der Waals surface area contributed by atoms with E-state index in [4.69, 9.17) is 10.4 Å². The number of nitriles is 1. The molecule has 0 aliphatic rings. The first-order valence-corrected chi connectivity index (χ1v) is 6.53. The molecule has 5 heteroatoms. The molecule has 0 unspecified atom stereocenters. The number of carbonyl (C=O) groups is 1. The van der Waals surface area contributed by atoms with Crippen LogP contribution in [0.15, 0.2) is 29.6 Å². The highest BCUT2D eigenvalue weighted by Gasteiger charge is 2.07. The van der Waals surface area contributed by atoms with Crippen molar-refractivity contribution in [1.29, 1.82) is 5.26 Å². The second-order valence-corrected chi connectivity index (χ2v) is 5.10. The van der Waals surface area contributed by atoms with Crippen molar-refractivity contribution in [1.82, 2.24) is 0 Å². The molecule has 2 N–H and O–H groups in total. The van der Waals surface area contributed by atoms with Crippen LogP contribution in [0, 0.1) is 18.3 Å². The molecule has 4 nitrogen and oxygen atoms in total. The average Bonchev–Trinajstić information content (AvgIpc) is 2.87. The number of hydrogen-bond donors (Lipinski definition) is 2. The lowest BCUT2D eigenvalue weighted by molar-refractivity contribution is 0.0697. The van der Waals surface area contributed by atoms with Gasteiger partial charge in [0.2, 0.25) is 0 Å². The number of hydrogen-bond acceptors (Lipinski definition) is 4. The van der Waals surface area contributed by atoms with Gasteiger partial charge >= 0.3 is 5.97 Å². The van der Waals surface area contributed by atoms with Gasteiger partial charge in [0.25, 0.3) is 0 Å². The third kappa shape index (κ3) is 3.12. The van der Waals surface area contributed by atoms with Crippen LogP contribution in [0.5, 0.6) is 0 Å². The molecule has 0 saturated carbocycles. The predicted octanol–water partition coefficient (Wildman–Crippen LogP) is 3.24. The Morgan fingerprint density at radius 3 is 2.89 bits per heavy atom. The standard InChI is InChI=1S/C14H12N2O2S/c1-9-2-3-10(6-15)4-13(9)16-7-12-5-11(8-19-12)14(17)18/h2-5,8,16H,7H2,1H3,(H,17,18). The molecule has 0 atom stereocenters. The van der Waals surface area contributed by atoms with E-state index in [0.29, 0.717) is 17.7 Å². The maximum atomic E-state index is 10.8. The Bertz CT molecular complexity index is 656. The Kier molecular flexibility index (Phi) is 3.83. The summed E-state index contributed by atoms with van der Waals surface area (Å²) in [6.07, 6.45) is 0. The molecule has 2 aromatic rings. The van der Waals surface area contributed by atoms with Crippen LogP contribution in [0.2, 0.25) is 0 Å². The number of benzene rings is 1. The van der Waals surface area contributed by atoms with Gasteiger partial charge in [-0.25, -0.2) is 4.79 Å². The van der Waals surface area contributed by atoms with Crippen LogP contribution in [-0.2, 0) is 6.54 Å². The van der Waals surface area contributed by atoms with Gasteiger partial charge in [-0.1, -0.05) is 6.07 Å². The van der Waals surface area contributed by atoms with E-state index >= 15 is 0 Å². The molecule has 1 aromatic carbocycles. The van der Waals surface area contributed by atoms with Gasteiger partial charge in [0, 0.05) is 22.5 Å². The zero-order valence-corrected chi connectivity index (χ0v) is 11.1. The molecule has 0 aliphatic heterocycles. The second kappa shape index (κ2) is 5.55. The number of nitrogens with one attached hydrogen (secondary N) is 1. The van der Waals surface area contributed by atoms with Gasteiger partial charge in [-0.15, -0.1) is 11.3 Å². The minimum atomic E-state index is -0.912. The SMILES string of the molecule is Cc1ccc(C#N)cc1NCc1cc(C(=O)O)cs1. The van der Waals surface area contributed by atoms with Crippen LogP contribution in [0.3, 0.4) is 0 Å². The number of aromatic carboxylic acids is 1. The molecule has 0 fully saturated rings. The monoisotopic (exact) mass is 272 g/mol. The molecule has 19 heavy (non-hydrogen) atoms. The molecule has 96 valence electrons. The van der Waals surface area contributed by atoms with E-state index in [1.54, 1.807) is 23.6 Å². The molecular weight excluding hydrogens is 260 g/mol. The fourth-order valence-electron chi connectivity index (χ4n) is 1.65. The topological polar surface area (TPSA) is 73.1 Å². The Hall–Kier alpha value is -2.32. The van der Waals surface area contributed by atoms with E-state index in [2.05, 4.69) is 11.4 Å². The van der Waals surface area contributed by atoms with Crippen LogP contribution in [0.1, 0.15) is 26.4 Å². The number of carboxylic acid groups (broad SMARTS) is 1. The summed E-state index contributed by atoms with van der Waals surface area (Å²) in [6.45, 7) is 2.51. The van der Waals surface area contributed by atoms with Gasteiger partial charge in [0.1, 0.15) is 0 Å². The molecule has 1 aromatic heterocycles. The van der Waals surface area contributed by atoms with Crippen molar-refractivity contribution in [3.63, 3.8) is 0 Å². The van der Waals surface area contributed by atoms with Crippen LogP contribution < -0.4 is 5.32 Å². The summed E-state index contributed by atoms with van der Waals surface area (Å²) in [7, 11) is 0. The molecular formula is C14H12N2O2S. The lowest BCUT2D eigenvalue weighted by Gasteiger charge is -2.08. The van der Waals surface area contributed by atoms with Crippen molar-refractivity contribution in [3.05, 3.63) is 51.2 Å². The number of aryl methyl sites for hydroxylation is 1. The van der Waals surface area contributed by atoms with Crippen molar-refractivity contribution >= 4 is 23.0 Å². The first-order chi connectivity index (χ1) is 9.10. The number of nitrogens with zero attached hydrogens (tertiary/aromatic N) is 1. The highest BCUT2D eigenvalue weighted by atomic mass is 32.1. The first kappa shape index (κ1) is 13.1. The number of thiophene rings is 1. The van der Waals surface area contributed by atoms with Gasteiger partial charge < -0.3 is 10.4 Å². The van der Waals surface area contributed by atoms with E-state index in [9.17, 15) is 4.79 Å². The number of rotatable bonds is 4. The minimum Gasteiger partial charge on any atom is -0.478 e. The molecule has 0 spiro atoms. The molecule has 0 amide bonds. The summed E-state index contributed by atoms with van der Waals surface area (Å²) >= 11 is 1.40. The summed E-state index contributed by atoms with van der Waals surface area (Å²) in [6, 6.07) is 9.20. The van der Waals surface area contributed by atoms with Crippen LogP contribution in [0.4, 0.5) is 5.69 Å². The van der Waals surface area contributed by atoms with Crippen LogP contribution in [0.25, 0.3) is 0 Å². The van der Waals surface area contributed by atoms with Gasteiger partial charge in [-0.3, -0.25) is 0 Å². The molecule has 0 radical (unpaired) electrons. The smallest absolute Gasteiger partial charge is 0.336 e. The van der Waals surface area contributed by atoms with E-state index in [1.165, 1.54) is 11.3 Å². The first-order valence-electron chi connectivity index (χ1n) is 5.65. The van der Waals surface area contributed by atoms with E-state index in [0.717, 1.165) is 16.1 Å². The predicted molar refractivity (Wildman–Crippen MR) is 74.5 cm³/mol. The third-order valence-electron chi connectivity index (χ3n) is 2.72. The summed E-state index contributed by atoms with van der Waals surface area (Å²) in [4.78, 5) is 11.7. The Labute approximate surface area is 114 Å². The van der Waals surface area contributed by atoms with Crippen LogP contribution >= 0.6 is 11.3 Å². The second-order valence-electron chi connectivity index (χ2n) is 4.10. The summed E-state index contributed by atoms with van der Waals surface area (Å²) in [5, 5.41) is 22.6. The van der Waals surface area contributed by atoms with Crippen LogP contribution in [-0.4, -0.2) is 11.1 Å². The van der Waals surface area contributed by atoms with Crippen molar-refractivity contribution < 1.29 is 9.90 Å². The quantitative estimate of drug-likeness (QED) is 0.896. The fraction of sp³-hybridized carbons (Fsp3) is 0.143. The molecule has 0 saturated heterocycles. The van der Waals surface area contributed by atoms with Gasteiger partial charge in [0.15, 0.2) is 0 Å². The largest absolute Gasteiger partial charge is 0.478 e. The van der Waals surface area contributed by atoms with Crippen molar-refractivity contribution in [2.75, 3.05) is 5.32 Å². The fourth-order valence-corrected chi connectivity index (χ4v) is 2.45. The summed E-state index contributed by atoms with van der Waals surface area (Å²) in [5.41, 5.74) is 2.85. The zero-order chi connectivity index (χ0) is 13.8. The van der Waals surface area contributed by atoms with E-state index in [-0.39, 0.29) is 0 Å². The molecule has 1 heterocycles. The van der Waals surface area contributed by atoms with Crippen molar-refractivity contribution in [2.45, 2.75) is 13.5 Å². The van der Waals surface area contributed by atoms with Crippen molar-refractivity contribution in [3.8, 4) is 6.07 Å². The lowest BCUT2D eigenvalue weighted by atomic mass is 10.1. The highest BCUT2D eigenvalue weighted by Crippen LogP contribution is 2.20. The number of carboxylic acids is 1. The van der Waals surface area contributed by atoms with Gasteiger partial charge in [0.05, 0.1) is 17.2 Å². The van der Waals surface area contributed by atoms with Gasteiger partial charge in [-0.2, -0.15) is 5.26 Å². The minimum absolute atomic E-state index is 0.310. The molecule has 0 aliphatic carbocycles. The Morgan fingerprint density at radius 2 is 2.26 bits per heavy atom. The summed E-state index contributed by atoms with van der Waals surface area (Å²) in [5.74, 6) is -0.912. The summed E-state index contributed by atoms with van der Waals surface area (Å²) < 4.78 is 0. The van der Waals surface area contributed by atoms with E-state index < -0.39 is 5.97 Å². The Balaban J connectivity index is 2.09. The third-order valence-corrected chi connectivity index (χ3v) is 3.66. The molecule has 2 rings (SSSR count). The Morgan fingerprint density at radius 1 is 1.47 bits per heavy atom. The van der Waals surface area contributed by atoms with Crippen molar-refractivity contribution in [2.24, 2.45) is 0 Å². The lowest BCUT2D eigenvalue weighted by Crippen LogP contribution is -2.00. The maximum Gasteiger partial charge on any atom is 0.336 e. The van der Waals surface area contributed by atoms with E-state index in [1.807, 2.05) is 13.0 Å². The normalized spacial score (nSPS) is 9.89. The van der Waals surface area contributed by atoms with Gasteiger partial charge in [-0.05, 0) is 30.7 Å². The highest BCUT2D eigenvalue weighted by molar-refractivity contribution is 7.10. The average molecular weight is 272 g/mol. The molecule has 0 bridgehead atoms. The zero-order valence-electron chi connectivity index (χ0n) is 10.3. The number of anilines is 1.